The van der Waals surface area contributed by atoms with Gasteiger partial charge in [-0.05, 0) is 38.1 Å². The molecule has 162 valence electrons. The Labute approximate surface area is 180 Å². The van der Waals surface area contributed by atoms with Crippen LogP contribution in [-0.4, -0.2) is 63.7 Å². The van der Waals surface area contributed by atoms with Crippen molar-refractivity contribution in [3.63, 3.8) is 0 Å². The maximum absolute atomic E-state index is 12.8. The molecule has 1 aromatic carbocycles. The molecule has 1 aliphatic heterocycles. The second-order valence-electron chi connectivity index (χ2n) is 7.60. The van der Waals surface area contributed by atoms with Crippen LogP contribution < -0.4 is 15.2 Å². The van der Waals surface area contributed by atoms with E-state index in [-0.39, 0.29) is 18.0 Å². The molecule has 3 aromatic rings. The van der Waals surface area contributed by atoms with Gasteiger partial charge in [-0.25, -0.2) is 9.36 Å². The van der Waals surface area contributed by atoms with Gasteiger partial charge in [-0.3, -0.25) is 9.59 Å². The van der Waals surface area contributed by atoms with Crippen LogP contribution in [0, 0.1) is 13.8 Å². The van der Waals surface area contributed by atoms with Crippen LogP contribution in [0.5, 0.6) is 5.75 Å². The van der Waals surface area contributed by atoms with Gasteiger partial charge in [0.05, 0.1) is 12.8 Å². The van der Waals surface area contributed by atoms with E-state index in [1.807, 2.05) is 44.2 Å². The molecule has 3 heterocycles. The molecule has 0 N–H and O–H groups in total. The Morgan fingerprint density at radius 1 is 1.03 bits per heavy atom. The molecule has 1 fully saturated rings. The van der Waals surface area contributed by atoms with Crippen molar-refractivity contribution < 1.29 is 9.53 Å². The standard InChI is InChI=1S/C22H26N6O3/c1-16-13-17(2)28(23-16)20-7-8-21(29)27(24-20)15-22(30)26-11-9-25(10-12-26)18-5-4-6-19(14-18)31-3/h4-8,13-14H,9-12,15H2,1-3H3. The zero-order valence-electron chi connectivity index (χ0n) is 18.0. The van der Waals surface area contributed by atoms with Crippen molar-refractivity contribution in [1.29, 1.82) is 0 Å². The largest absolute Gasteiger partial charge is 0.497 e. The summed E-state index contributed by atoms with van der Waals surface area (Å²) < 4.78 is 8.18. The first-order valence-electron chi connectivity index (χ1n) is 10.2. The molecule has 0 aliphatic carbocycles. The number of amides is 1. The van der Waals surface area contributed by atoms with Gasteiger partial charge >= 0.3 is 0 Å². The Morgan fingerprint density at radius 3 is 2.48 bits per heavy atom. The predicted octanol–water partition coefficient (Wildman–Crippen LogP) is 1.40. The summed E-state index contributed by atoms with van der Waals surface area (Å²) in [4.78, 5) is 29.1. The lowest BCUT2D eigenvalue weighted by atomic mass is 10.2. The quantitative estimate of drug-likeness (QED) is 0.618. The first-order valence-corrected chi connectivity index (χ1v) is 10.2. The smallest absolute Gasteiger partial charge is 0.267 e. The maximum Gasteiger partial charge on any atom is 0.267 e. The molecule has 0 spiro atoms. The van der Waals surface area contributed by atoms with E-state index in [9.17, 15) is 9.59 Å². The summed E-state index contributed by atoms with van der Waals surface area (Å²) >= 11 is 0. The van der Waals surface area contributed by atoms with E-state index in [2.05, 4.69) is 15.1 Å². The summed E-state index contributed by atoms with van der Waals surface area (Å²) in [6.07, 6.45) is 0. The molecule has 4 rings (SSSR count). The first-order chi connectivity index (χ1) is 14.9. The molecule has 1 aliphatic rings. The van der Waals surface area contributed by atoms with E-state index in [4.69, 9.17) is 4.74 Å². The van der Waals surface area contributed by atoms with E-state index in [0.29, 0.717) is 32.0 Å². The van der Waals surface area contributed by atoms with E-state index >= 15 is 0 Å². The molecule has 0 bridgehead atoms. The van der Waals surface area contributed by atoms with Gasteiger partial charge in [-0.1, -0.05) is 6.07 Å². The number of nitrogens with zero attached hydrogens (tertiary/aromatic N) is 6. The van der Waals surface area contributed by atoms with Gasteiger partial charge in [0.2, 0.25) is 5.91 Å². The van der Waals surface area contributed by atoms with E-state index in [1.54, 1.807) is 22.8 Å². The van der Waals surface area contributed by atoms with Gasteiger partial charge in [-0.15, -0.1) is 5.10 Å². The van der Waals surface area contributed by atoms with Crippen molar-refractivity contribution in [1.82, 2.24) is 24.5 Å². The third-order valence-corrected chi connectivity index (χ3v) is 5.42. The fourth-order valence-corrected chi connectivity index (χ4v) is 3.77. The molecule has 0 radical (unpaired) electrons. The van der Waals surface area contributed by atoms with Crippen molar-refractivity contribution in [2.24, 2.45) is 0 Å². The average Bonchev–Trinajstić information content (AvgIpc) is 3.13. The number of methoxy groups -OCH3 is 1. The molecule has 0 saturated carbocycles. The van der Waals surface area contributed by atoms with E-state index in [0.717, 1.165) is 22.8 Å². The SMILES string of the molecule is COc1cccc(N2CCN(C(=O)Cn3nc(-n4nc(C)cc4C)ccc3=O)CC2)c1. The third kappa shape index (κ3) is 4.45. The Morgan fingerprint density at radius 2 is 1.81 bits per heavy atom. The Balaban J connectivity index is 1.43. The number of hydrogen-bond donors (Lipinski definition) is 0. The summed E-state index contributed by atoms with van der Waals surface area (Å²) in [5.74, 6) is 1.20. The number of carbonyl (C=O) groups is 1. The predicted molar refractivity (Wildman–Crippen MR) is 117 cm³/mol. The molecule has 0 atom stereocenters. The third-order valence-electron chi connectivity index (χ3n) is 5.42. The summed E-state index contributed by atoms with van der Waals surface area (Å²) in [6, 6.07) is 12.9. The van der Waals surface area contributed by atoms with Crippen LogP contribution in [0.4, 0.5) is 5.69 Å². The minimum Gasteiger partial charge on any atom is -0.497 e. The van der Waals surface area contributed by atoms with Crippen molar-refractivity contribution in [2.75, 3.05) is 38.2 Å². The molecule has 1 amide bonds. The van der Waals surface area contributed by atoms with Crippen LogP contribution in [0.3, 0.4) is 0 Å². The molecule has 9 nitrogen and oxygen atoms in total. The Bertz CT molecular complexity index is 1140. The van der Waals surface area contributed by atoms with Crippen LogP contribution >= 0.6 is 0 Å². The van der Waals surface area contributed by atoms with Gasteiger partial charge in [0.1, 0.15) is 12.3 Å². The minimum absolute atomic E-state index is 0.0921. The molecule has 0 unspecified atom stereocenters. The number of anilines is 1. The first kappa shape index (κ1) is 20.6. The summed E-state index contributed by atoms with van der Waals surface area (Å²) in [7, 11) is 1.65. The summed E-state index contributed by atoms with van der Waals surface area (Å²) in [5.41, 5.74) is 2.53. The number of aromatic nitrogens is 4. The molecular formula is C22H26N6O3. The highest BCUT2D eigenvalue weighted by Crippen LogP contribution is 2.22. The zero-order chi connectivity index (χ0) is 22.0. The number of ether oxygens (including phenoxy) is 1. The number of benzene rings is 1. The fourth-order valence-electron chi connectivity index (χ4n) is 3.77. The number of carbonyl (C=O) groups excluding carboxylic acids is 1. The van der Waals surface area contributed by atoms with Gasteiger partial charge in [0, 0.05) is 49.7 Å². The fraction of sp³-hybridized carbons (Fsp3) is 0.364. The molecular weight excluding hydrogens is 396 g/mol. The second kappa shape index (κ2) is 8.63. The van der Waals surface area contributed by atoms with Crippen LogP contribution in [-0.2, 0) is 11.3 Å². The lowest BCUT2D eigenvalue weighted by Gasteiger charge is -2.36. The zero-order valence-corrected chi connectivity index (χ0v) is 18.0. The lowest BCUT2D eigenvalue weighted by Crippen LogP contribution is -2.50. The number of aryl methyl sites for hydroxylation is 2. The molecule has 1 saturated heterocycles. The average molecular weight is 422 g/mol. The highest BCUT2D eigenvalue weighted by Gasteiger charge is 2.22. The van der Waals surface area contributed by atoms with Gasteiger partial charge in [-0.2, -0.15) is 5.10 Å². The van der Waals surface area contributed by atoms with Crippen molar-refractivity contribution in [2.45, 2.75) is 20.4 Å². The number of rotatable bonds is 5. The molecule has 31 heavy (non-hydrogen) atoms. The Hall–Kier alpha value is -3.62. The summed E-state index contributed by atoms with van der Waals surface area (Å²) in [5, 5.41) is 8.76. The van der Waals surface area contributed by atoms with E-state index < -0.39 is 0 Å². The van der Waals surface area contributed by atoms with Crippen molar-refractivity contribution in [3.8, 4) is 11.6 Å². The number of hydrogen-bond acceptors (Lipinski definition) is 6. The van der Waals surface area contributed by atoms with Gasteiger partial charge < -0.3 is 14.5 Å². The Kier molecular flexibility index (Phi) is 5.75. The highest BCUT2D eigenvalue weighted by molar-refractivity contribution is 5.76. The van der Waals surface area contributed by atoms with Crippen LogP contribution in [0.2, 0.25) is 0 Å². The second-order valence-corrected chi connectivity index (χ2v) is 7.60. The van der Waals surface area contributed by atoms with Gasteiger partial charge in [0.25, 0.3) is 5.56 Å². The van der Waals surface area contributed by atoms with Crippen LogP contribution in [0.25, 0.3) is 5.82 Å². The van der Waals surface area contributed by atoms with Crippen LogP contribution in [0.15, 0.2) is 47.3 Å². The van der Waals surface area contributed by atoms with Crippen molar-refractivity contribution in [3.05, 3.63) is 64.2 Å². The molecule has 2 aromatic heterocycles. The molecule has 9 heteroatoms. The van der Waals surface area contributed by atoms with Crippen LogP contribution in [0.1, 0.15) is 11.4 Å². The highest BCUT2D eigenvalue weighted by atomic mass is 16.5. The maximum atomic E-state index is 12.8. The topological polar surface area (TPSA) is 85.5 Å². The number of piperazine rings is 1. The van der Waals surface area contributed by atoms with Crippen molar-refractivity contribution >= 4 is 11.6 Å². The minimum atomic E-state index is -0.311. The monoisotopic (exact) mass is 422 g/mol. The lowest BCUT2D eigenvalue weighted by molar-refractivity contribution is -0.132. The summed E-state index contributed by atoms with van der Waals surface area (Å²) in [6.45, 7) is 6.33. The van der Waals surface area contributed by atoms with E-state index in [1.165, 1.54) is 10.7 Å². The normalized spacial score (nSPS) is 14.0. The van der Waals surface area contributed by atoms with Gasteiger partial charge in [0.15, 0.2) is 5.82 Å².